The van der Waals surface area contributed by atoms with E-state index in [-0.39, 0.29) is 11.7 Å². The molecule has 1 fully saturated rings. The molecule has 23 heavy (non-hydrogen) atoms. The summed E-state index contributed by atoms with van der Waals surface area (Å²) in [6.45, 7) is 4.26. The molecule has 2 aromatic rings. The molecule has 3 rings (SSSR count). The lowest BCUT2D eigenvalue weighted by molar-refractivity contribution is -0.122. The van der Waals surface area contributed by atoms with Gasteiger partial charge in [-0.3, -0.25) is 9.69 Å². The van der Waals surface area contributed by atoms with E-state index in [9.17, 15) is 9.90 Å². The Labute approximate surface area is 135 Å². The van der Waals surface area contributed by atoms with E-state index in [2.05, 4.69) is 15.1 Å². The van der Waals surface area contributed by atoms with Gasteiger partial charge in [0.25, 0.3) is 0 Å². The summed E-state index contributed by atoms with van der Waals surface area (Å²) in [4.78, 5) is 16.4. The van der Waals surface area contributed by atoms with Crippen LogP contribution < -0.4 is 10.2 Å². The standard InChI is InChI=1S/C17H21N3O3/c21-15-5-3-14(4-6-15)20-9-7-19(8-10-20)13-17(22)18-12-16-2-1-11-23-16/h1-6,11,21H,7-10,12-13H2,(H,18,22). The van der Waals surface area contributed by atoms with Crippen LogP contribution in [0.4, 0.5) is 5.69 Å². The summed E-state index contributed by atoms with van der Waals surface area (Å²) in [6, 6.07) is 10.9. The molecule has 2 N–H and O–H groups in total. The number of amides is 1. The van der Waals surface area contributed by atoms with E-state index in [0.29, 0.717) is 13.1 Å². The Bertz CT molecular complexity index is 617. The summed E-state index contributed by atoms with van der Waals surface area (Å²) in [6.07, 6.45) is 1.60. The molecule has 1 aliphatic rings. The number of furan rings is 1. The second-order valence-electron chi connectivity index (χ2n) is 5.64. The minimum absolute atomic E-state index is 0.0134. The van der Waals surface area contributed by atoms with Crippen LogP contribution in [0.5, 0.6) is 5.75 Å². The van der Waals surface area contributed by atoms with Gasteiger partial charge in [-0.15, -0.1) is 0 Å². The molecule has 6 heteroatoms. The topological polar surface area (TPSA) is 69.0 Å². The van der Waals surface area contributed by atoms with Gasteiger partial charge in [-0.1, -0.05) is 0 Å². The maximum atomic E-state index is 12.0. The van der Waals surface area contributed by atoms with Gasteiger partial charge < -0.3 is 19.7 Å². The molecule has 0 bridgehead atoms. The Morgan fingerprint density at radius 2 is 1.87 bits per heavy atom. The van der Waals surface area contributed by atoms with E-state index in [0.717, 1.165) is 37.6 Å². The van der Waals surface area contributed by atoms with Gasteiger partial charge in [0, 0.05) is 31.9 Å². The smallest absolute Gasteiger partial charge is 0.234 e. The molecule has 0 atom stereocenters. The summed E-state index contributed by atoms with van der Waals surface area (Å²) in [5, 5.41) is 12.2. The Balaban J connectivity index is 1.42. The number of benzene rings is 1. The SMILES string of the molecule is O=C(CN1CCN(c2ccc(O)cc2)CC1)NCc1ccco1. The number of hydrogen-bond donors (Lipinski definition) is 2. The molecule has 0 saturated carbocycles. The second-order valence-corrected chi connectivity index (χ2v) is 5.64. The quantitative estimate of drug-likeness (QED) is 0.873. The van der Waals surface area contributed by atoms with Crippen molar-refractivity contribution in [3.63, 3.8) is 0 Å². The van der Waals surface area contributed by atoms with Gasteiger partial charge in [-0.25, -0.2) is 0 Å². The number of hydrogen-bond acceptors (Lipinski definition) is 5. The van der Waals surface area contributed by atoms with E-state index in [1.54, 1.807) is 18.4 Å². The van der Waals surface area contributed by atoms with Gasteiger partial charge in [-0.05, 0) is 36.4 Å². The molecule has 1 amide bonds. The van der Waals surface area contributed by atoms with E-state index in [1.807, 2.05) is 24.3 Å². The first-order valence-corrected chi connectivity index (χ1v) is 7.76. The zero-order valence-electron chi connectivity index (χ0n) is 12.9. The normalized spacial score (nSPS) is 15.6. The van der Waals surface area contributed by atoms with Gasteiger partial charge in [0.1, 0.15) is 11.5 Å². The lowest BCUT2D eigenvalue weighted by Crippen LogP contribution is -2.49. The molecule has 2 heterocycles. The fraction of sp³-hybridized carbons (Fsp3) is 0.353. The van der Waals surface area contributed by atoms with Crippen molar-refractivity contribution < 1.29 is 14.3 Å². The Kier molecular flexibility index (Phi) is 4.83. The van der Waals surface area contributed by atoms with Gasteiger partial charge in [0.15, 0.2) is 0 Å². The largest absolute Gasteiger partial charge is 0.508 e. The fourth-order valence-electron chi connectivity index (χ4n) is 2.69. The number of aromatic hydroxyl groups is 1. The Hall–Kier alpha value is -2.47. The van der Waals surface area contributed by atoms with E-state index in [4.69, 9.17) is 4.42 Å². The number of carbonyl (C=O) groups is 1. The number of anilines is 1. The molecule has 1 aromatic heterocycles. The number of rotatable bonds is 5. The molecule has 0 unspecified atom stereocenters. The van der Waals surface area contributed by atoms with E-state index >= 15 is 0 Å². The molecule has 0 radical (unpaired) electrons. The minimum atomic E-state index is 0.0134. The third-order valence-corrected chi connectivity index (χ3v) is 3.99. The summed E-state index contributed by atoms with van der Waals surface area (Å²) in [5.74, 6) is 1.05. The third-order valence-electron chi connectivity index (χ3n) is 3.99. The minimum Gasteiger partial charge on any atom is -0.508 e. The van der Waals surface area contributed by atoms with Crippen molar-refractivity contribution in [3.8, 4) is 5.75 Å². The highest BCUT2D eigenvalue weighted by atomic mass is 16.3. The number of nitrogens with zero attached hydrogens (tertiary/aromatic N) is 2. The van der Waals surface area contributed by atoms with Crippen molar-refractivity contribution in [1.82, 2.24) is 10.2 Å². The highest BCUT2D eigenvalue weighted by Gasteiger charge is 2.19. The first-order chi connectivity index (χ1) is 11.2. The van der Waals surface area contributed by atoms with Gasteiger partial charge >= 0.3 is 0 Å². The summed E-state index contributed by atoms with van der Waals surface area (Å²) in [5.41, 5.74) is 1.10. The van der Waals surface area contributed by atoms with Crippen LogP contribution in [0.2, 0.25) is 0 Å². The zero-order chi connectivity index (χ0) is 16.1. The third kappa shape index (κ3) is 4.26. The highest BCUT2D eigenvalue weighted by molar-refractivity contribution is 5.78. The van der Waals surface area contributed by atoms with Gasteiger partial charge in [0.2, 0.25) is 5.91 Å². The lowest BCUT2D eigenvalue weighted by atomic mass is 10.2. The second kappa shape index (κ2) is 7.19. The average Bonchev–Trinajstić information content (AvgIpc) is 3.08. The molecule has 1 aromatic carbocycles. The molecule has 122 valence electrons. The van der Waals surface area contributed by atoms with Crippen molar-refractivity contribution >= 4 is 11.6 Å². The molecule has 1 aliphatic heterocycles. The first kappa shape index (κ1) is 15.4. The molecular formula is C17H21N3O3. The Morgan fingerprint density at radius 1 is 1.13 bits per heavy atom. The van der Waals surface area contributed by atoms with Crippen LogP contribution in [-0.2, 0) is 11.3 Å². The molecule has 1 saturated heterocycles. The van der Waals surface area contributed by atoms with Crippen LogP contribution in [0.25, 0.3) is 0 Å². The van der Waals surface area contributed by atoms with Crippen LogP contribution in [0, 0.1) is 0 Å². The first-order valence-electron chi connectivity index (χ1n) is 7.76. The fourth-order valence-corrected chi connectivity index (χ4v) is 2.69. The van der Waals surface area contributed by atoms with E-state index < -0.39 is 0 Å². The van der Waals surface area contributed by atoms with Gasteiger partial charge in [-0.2, -0.15) is 0 Å². The van der Waals surface area contributed by atoms with Crippen molar-refractivity contribution in [2.75, 3.05) is 37.6 Å². The van der Waals surface area contributed by atoms with Crippen LogP contribution in [-0.4, -0.2) is 48.6 Å². The summed E-state index contributed by atoms with van der Waals surface area (Å²) >= 11 is 0. The van der Waals surface area contributed by atoms with Crippen molar-refractivity contribution in [3.05, 3.63) is 48.4 Å². The summed E-state index contributed by atoms with van der Waals surface area (Å²) < 4.78 is 5.19. The summed E-state index contributed by atoms with van der Waals surface area (Å²) in [7, 11) is 0. The number of phenolic OH excluding ortho intramolecular Hbond substituents is 1. The van der Waals surface area contributed by atoms with Crippen LogP contribution in [0.15, 0.2) is 47.1 Å². The maximum Gasteiger partial charge on any atom is 0.234 e. The predicted molar refractivity (Wildman–Crippen MR) is 87.3 cm³/mol. The van der Waals surface area contributed by atoms with Crippen LogP contribution in [0.1, 0.15) is 5.76 Å². The van der Waals surface area contributed by atoms with Gasteiger partial charge in [0.05, 0.1) is 19.4 Å². The molecule has 0 aliphatic carbocycles. The number of carbonyl (C=O) groups excluding carboxylic acids is 1. The average molecular weight is 315 g/mol. The predicted octanol–water partition coefficient (Wildman–Crippen LogP) is 1.42. The number of phenols is 1. The number of piperazine rings is 1. The van der Waals surface area contributed by atoms with Crippen molar-refractivity contribution in [2.24, 2.45) is 0 Å². The van der Waals surface area contributed by atoms with E-state index in [1.165, 1.54) is 0 Å². The monoisotopic (exact) mass is 315 g/mol. The Morgan fingerprint density at radius 3 is 2.52 bits per heavy atom. The zero-order valence-corrected chi connectivity index (χ0v) is 12.9. The van der Waals surface area contributed by atoms with Crippen LogP contribution >= 0.6 is 0 Å². The maximum absolute atomic E-state index is 12.0. The molecule has 0 spiro atoms. The van der Waals surface area contributed by atoms with Crippen LogP contribution in [0.3, 0.4) is 0 Å². The highest BCUT2D eigenvalue weighted by Crippen LogP contribution is 2.19. The number of nitrogens with one attached hydrogen (secondary N) is 1. The van der Waals surface area contributed by atoms with Crippen molar-refractivity contribution in [2.45, 2.75) is 6.54 Å². The molecular weight excluding hydrogens is 294 g/mol. The molecule has 6 nitrogen and oxygen atoms in total. The lowest BCUT2D eigenvalue weighted by Gasteiger charge is -2.35. The van der Waals surface area contributed by atoms with Crippen molar-refractivity contribution in [1.29, 1.82) is 0 Å².